The van der Waals surface area contributed by atoms with Crippen molar-refractivity contribution in [2.75, 3.05) is 11.9 Å². The number of esters is 1. The lowest BCUT2D eigenvalue weighted by Crippen LogP contribution is -2.27. The fourth-order valence-corrected chi connectivity index (χ4v) is 2.79. The monoisotopic (exact) mass is 453 g/mol. The van der Waals surface area contributed by atoms with Gasteiger partial charge < -0.3 is 10.1 Å². The average Bonchev–Trinajstić information content (AvgIpc) is 2.79. The molecule has 0 aliphatic heterocycles. The molecule has 0 unspecified atom stereocenters. The number of non-ortho nitro benzene ring substituents is 2. The first-order chi connectivity index (χ1) is 15.7. The first-order valence-electron chi connectivity index (χ1n) is 9.33. The van der Waals surface area contributed by atoms with E-state index in [1.165, 1.54) is 0 Å². The maximum atomic E-state index is 12.7. The SMILES string of the molecule is CCOC(=O)c1nn(-c2ccccc2)c(=O)cc1NC(=O)c1cc([N+](=O)[O-])cc([N+](=O)[O-])c1. The molecule has 0 atom stereocenters. The Bertz CT molecular complexity index is 1290. The highest BCUT2D eigenvalue weighted by Crippen LogP contribution is 2.24. The number of amides is 1. The summed E-state index contributed by atoms with van der Waals surface area (Å²) >= 11 is 0. The summed E-state index contributed by atoms with van der Waals surface area (Å²) in [6.07, 6.45) is 0. The van der Waals surface area contributed by atoms with Crippen LogP contribution in [0.5, 0.6) is 0 Å². The van der Waals surface area contributed by atoms with Gasteiger partial charge in [0.25, 0.3) is 22.8 Å². The molecule has 0 spiro atoms. The number of hydrogen-bond donors (Lipinski definition) is 1. The minimum Gasteiger partial charge on any atom is -0.461 e. The van der Waals surface area contributed by atoms with E-state index in [0.717, 1.165) is 22.9 Å². The number of hydrogen-bond acceptors (Lipinski definition) is 9. The molecular formula is C20H15N5O8. The molecule has 1 aromatic heterocycles. The minimum atomic E-state index is -1.04. The predicted molar refractivity (Wildman–Crippen MR) is 113 cm³/mol. The topological polar surface area (TPSA) is 177 Å². The molecule has 3 rings (SSSR count). The van der Waals surface area contributed by atoms with E-state index in [-0.39, 0.29) is 12.3 Å². The van der Waals surface area contributed by atoms with Crippen LogP contribution in [0.15, 0.2) is 59.4 Å². The van der Waals surface area contributed by atoms with E-state index in [1.54, 1.807) is 37.3 Å². The Morgan fingerprint density at radius 1 is 1.03 bits per heavy atom. The van der Waals surface area contributed by atoms with Crippen LogP contribution in [0, 0.1) is 20.2 Å². The van der Waals surface area contributed by atoms with Crippen LogP contribution in [0.3, 0.4) is 0 Å². The summed E-state index contributed by atoms with van der Waals surface area (Å²) in [6, 6.07) is 11.4. The fourth-order valence-electron chi connectivity index (χ4n) is 2.79. The second-order valence-electron chi connectivity index (χ2n) is 6.42. The number of carbonyl (C=O) groups excluding carboxylic acids is 2. The third kappa shape index (κ3) is 5.04. The number of ether oxygens (including phenoxy) is 1. The first kappa shape index (κ1) is 22.7. The van der Waals surface area contributed by atoms with E-state index >= 15 is 0 Å². The molecule has 0 aliphatic carbocycles. The van der Waals surface area contributed by atoms with E-state index in [2.05, 4.69) is 10.4 Å². The van der Waals surface area contributed by atoms with Crippen molar-refractivity contribution < 1.29 is 24.2 Å². The Morgan fingerprint density at radius 3 is 2.18 bits per heavy atom. The average molecular weight is 453 g/mol. The molecule has 0 aliphatic rings. The van der Waals surface area contributed by atoms with Gasteiger partial charge >= 0.3 is 5.97 Å². The van der Waals surface area contributed by atoms with Crippen molar-refractivity contribution in [2.45, 2.75) is 6.92 Å². The zero-order valence-electron chi connectivity index (χ0n) is 17.0. The minimum absolute atomic E-state index is 0.0184. The summed E-state index contributed by atoms with van der Waals surface area (Å²) in [6.45, 7) is 1.53. The molecule has 13 heteroatoms. The van der Waals surface area contributed by atoms with Crippen LogP contribution < -0.4 is 10.9 Å². The molecule has 0 fully saturated rings. The summed E-state index contributed by atoms with van der Waals surface area (Å²) in [7, 11) is 0. The molecule has 168 valence electrons. The molecule has 0 saturated carbocycles. The molecule has 2 aromatic carbocycles. The van der Waals surface area contributed by atoms with E-state index in [4.69, 9.17) is 4.74 Å². The molecule has 33 heavy (non-hydrogen) atoms. The van der Waals surface area contributed by atoms with Crippen LogP contribution in [0.25, 0.3) is 5.69 Å². The quantitative estimate of drug-likeness (QED) is 0.320. The van der Waals surface area contributed by atoms with E-state index in [9.17, 15) is 34.6 Å². The zero-order valence-corrected chi connectivity index (χ0v) is 17.0. The van der Waals surface area contributed by atoms with Crippen LogP contribution in [-0.4, -0.2) is 38.1 Å². The van der Waals surface area contributed by atoms with Gasteiger partial charge in [-0.1, -0.05) is 18.2 Å². The van der Waals surface area contributed by atoms with Gasteiger partial charge in [-0.25, -0.2) is 4.79 Å². The van der Waals surface area contributed by atoms with Crippen LogP contribution in [0.4, 0.5) is 17.1 Å². The maximum absolute atomic E-state index is 12.7. The summed E-state index contributed by atoms with van der Waals surface area (Å²) in [4.78, 5) is 58.1. The molecular weight excluding hydrogens is 438 g/mol. The highest BCUT2D eigenvalue weighted by molar-refractivity contribution is 6.08. The maximum Gasteiger partial charge on any atom is 0.360 e. The normalized spacial score (nSPS) is 10.3. The Morgan fingerprint density at radius 2 is 1.64 bits per heavy atom. The van der Waals surface area contributed by atoms with Gasteiger partial charge in [0.2, 0.25) is 0 Å². The Hall–Kier alpha value is -4.94. The lowest BCUT2D eigenvalue weighted by atomic mass is 10.1. The number of anilines is 1. The van der Waals surface area contributed by atoms with Crippen LogP contribution in [0.1, 0.15) is 27.8 Å². The van der Waals surface area contributed by atoms with Gasteiger partial charge in [0.15, 0.2) is 5.69 Å². The van der Waals surface area contributed by atoms with Gasteiger partial charge in [-0.15, -0.1) is 0 Å². The fraction of sp³-hybridized carbons (Fsp3) is 0.100. The molecule has 0 bridgehead atoms. The largest absolute Gasteiger partial charge is 0.461 e. The third-order valence-electron chi connectivity index (χ3n) is 4.24. The van der Waals surface area contributed by atoms with E-state index in [1.807, 2.05) is 0 Å². The van der Waals surface area contributed by atoms with Crippen molar-refractivity contribution in [2.24, 2.45) is 0 Å². The molecule has 1 amide bonds. The van der Waals surface area contributed by atoms with E-state index in [0.29, 0.717) is 11.8 Å². The number of benzene rings is 2. The van der Waals surface area contributed by atoms with Gasteiger partial charge in [-0.2, -0.15) is 9.78 Å². The molecule has 0 radical (unpaired) electrons. The summed E-state index contributed by atoms with van der Waals surface area (Å²) in [5.74, 6) is -1.98. The summed E-state index contributed by atoms with van der Waals surface area (Å²) in [5, 5.41) is 28.4. The highest BCUT2D eigenvalue weighted by atomic mass is 16.6. The van der Waals surface area contributed by atoms with Crippen molar-refractivity contribution in [1.82, 2.24) is 9.78 Å². The Balaban J connectivity index is 2.07. The number of carbonyl (C=O) groups is 2. The van der Waals surface area contributed by atoms with Gasteiger partial charge in [-0.05, 0) is 19.1 Å². The number of para-hydroxylation sites is 1. The van der Waals surface area contributed by atoms with Crippen LogP contribution in [-0.2, 0) is 4.74 Å². The highest BCUT2D eigenvalue weighted by Gasteiger charge is 2.23. The van der Waals surface area contributed by atoms with Crippen molar-refractivity contribution >= 4 is 28.9 Å². The Labute approximate surface area is 184 Å². The third-order valence-corrected chi connectivity index (χ3v) is 4.24. The number of nitro benzene ring substituents is 2. The zero-order chi connectivity index (χ0) is 24.1. The number of nitro groups is 2. The first-order valence-corrected chi connectivity index (χ1v) is 9.33. The Kier molecular flexibility index (Phi) is 6.52. The number of nitrogens with one attached hydrogen (secondary N) is 1. The standard InChI is InChI=1S/C20H15N5O8/c1-2-33-20(28)18-16(11-17(26)23(22-18)13-6-4-3-5-7-13)21-19(27)12-8-14(24(29)30)10-15(9-12)25(31)32/h3-11H,2H2,1H3,(H,21,27). The smallest absolute Gasteiger partial charge is 0.360 e. The number of rotatable bonds is 7. The molecule has 1 heterocycles. The van der Waals surface area contributed by atoms with Crippen molar-refractivity contribution in [3.8, 4) is 5.69 Å². The van der Waals surface area contributed by atoms with Gasteiger partial charge in [-0.3, -0.25) is 29.8 Å². The van der Waals surface area contributed by atoms with Crippen LogP contribution in [0.2, 0.25) is 0 Å². The lowest BCUT2D eigenvalue weighted by Gasteiger charge is -2.12. The van der Waals surface area contributed by atoms with Crippen molar-refractivity contribution in [3.63, 3.8) is 0 Å². The van der Waals surface area contributed by atoms with E-state index < -0.39 is 49.9 Å². The molecule has 3 aromatic rings. The number of nitrogens with zero attached hydrogens (tertiary/aromatic N) is 4. The number of aromatic nitrogens is 2. The molecule has 13 nitrogen and oxygen atoms in total. The molecule has 0 saturated heterocycles. The predicted octanol–water partition coefficient (Wildman–Crippen LogP) is 2.48. The van der Waals surface area contributed by atoms with Gasteiger partial charge in [0.05, 0.1) is 39.5 Å². The van der Waals surface area contributed by atoms with Crippen molar-refractivity contribution in [1.29, 1.82) is 0 Å². The van der Waals surface area contributed by atoms with Crippen LogP contribution >= 0.6 is 0 Å². The molecule has 1 N–H and O–H groups in total. The summed E-state index contributed by atoms with van der Waals surface area (Å²) < 4.78 is 5.87. The lowest BCUT2D eigenvalue weighted by molar-refractivity contribution is -0.394. The van der Waals surface area contributed by atoms with Crippen molar-refractivity contribution in [3.05, 3.63) is 96.4 Å². The van der Waals surface area contributed by atoms with Gasteiger partial charge in [0.1, 0.15) is 0 Å². The second-order valence-corrected chi connectivity index (χ2v) is 6.42. The summed E-state index contributed by atoms with van der Waals surface area (Å²) in [5.41, 5.74) is -2.89. The second kappa shape index (κ2) is 9.47. The van der Waals surface area contributed by atoms with Gasteiger partial charge in [0, 0.05) is 18.2 Å².